The Morgan fingerprint density at radius 2 is 2.20 bits per heavy atom. The van der Waals surface area contributed by atoms with Crippen molar-refractivity contribution in [1.82, 2.24) is 0 Å². The number of ether oxygens (including phenoxy) is 2. The zero-order chi connectivity index (χ0) is 18.7. The maximum absolute atomic E-state index is 10.9. The van der Waals surface area contributed by atoms with Crippen molar-refractivity contribution in [3.8, 4) is 11.5 Å². The Balaban J connectivity index is 2.11. The number of aliphatic hydroxyl groups excluding tert-OH is 1. The van der Waals surface area contributed by atoms with E-state index in [1.54, 1.807) is 0 Å². The fourth-order valence-corrected chi connectivity index (χ4v) is 4.36. The number of allylic oxidation sites excluding steroid dienone is 1. The third kappa shape index (κ3) is 5.07. The van der Waals surface area contributed by atoms with E-state index in [9.17, 15) is 5.11 Å². The molecule has 2 rings (SSSR count). The molecule has 4 heteroatoms. The van der Waals surface area contributed by atoms with Crippen molar-refractivity contribution in [2.45, 2.75) is 78.0 Å². The zero-order valence-electron chi connectivity index (χ0n) is 16.7. The van der Waals surface area contributed by atoms with Gasteiger partial charge in [-0.2, -0.15) is 0 Å². The Labute approximate surface area is 154 Å². The van der Waals surface area contributed by atoms with Gasteiger partial charge < -0.3 is 14.6 Å². The van der Waals surface area contributed by atoms with Crippen LogP contribution in [0.3, 0.4) is 0 Å². The molecule has 1 heterocycles. The zero-order valence-corrected chi connectivity index (χ0v) is 17.7. The van der Waals surface area contributed by atoms with E-state index in [-0.39, 0.29) is 5.41 Å². The van der Waals surface area contributed by atoms with Crippen LogP contribution in [0.25, 0.3) is 0 Å². The van der Waals surface area contributed by atoms with Gasteiger partial charge in [-0.15, -0.1) is 11.5 Å². The largest absolute Gasteiger partial charge is 0.391 e. The highest BCUT2D eigenvalue weighted by Crippen LogP contribution is 2.51. The highest BCUT2D eigenvalue weighted by molar-refractivity contribution is 6.83. The van der Waals surface area contributed by atoms with E-state index in [4.69, 9.17) is 9.47 Å². The number of hydrogen-bond donors (Lipinski definition) is 1. The Morgan fingerprint density at radius 1 is 1.48 bits per heavy atom. The third-order valence-corrected chi connectivity index (χ3v) is 6.02. The molecule has 1 saturated heterocycles. The average molecular weight is 363 g/mol. The Bertz CT molecular complexity index is 605. The lowest BCUT2D eigenvalue weighted by atomic mass is 9.72. The fraction of sp³-hybridized carbons (Fsp3) is 0.714. The molecule has 1 fully saturated rings. The Hall–Kier alpha value is -0.863. The molecule has 3 atom stereocenters. The SMILES string of the molecule is C/C=C(\CC)CO[C@@]12CC(C)=C[C@@]([C@H](O)CC#C[Si](C)(C)C)(CO1)C2. The molecule has 0 aromatic carbocycles. The Kier molecular flexibility index (Phi) is 6.38. The van der Waals surface area contributed by atoms with Crippen molar-refractivity contribution in [3.63, 3.8) is 0 Å². The first-order valence-corrected chi connectivity index (χ1v) is 12.9. The summed E-state index contributed by atoms with van der Waals surface area (Å²) < 4.78 is 12.4. The number of aliphatic hydroxyl groups is 1. The van der Waals surface area contributed by atoms with Crippen molar-refractivity contribution in [3.05, 3.63) is 23.3 Å². The molecule has 1 aliphatic heterocycles. The molecule has 0 aromatic rings. The predicted octanol–water partition coefficient (Wildman–Crippen LogP) is 4.44. The second kappa shape index (κ2) is 7.80. The highest BCUT2D eigenvalue weighted by Gasteiger charge is 2.55. The van der Waals surface area contributed by atoms with Gasteiger partial charge in [-0.1, -0.05) is 44.3 Å². The van der Waals surface area contributed by atoms with E-state index in [0.29, 0.717) is 26.1 Å². The van der Waals surface area contributed by atoms with Crippen LogP contribution in [-0.4, -0.2) is 38.3 Å². The van der Waals surface area contributed by atoms with Gasteiger partial charge in [-0.3, -0.25) is 0 Å². The van der Waals surface area contributed by atoms with Crippen LogP contribution in [0.5, 0.6) is 0 Å². The molecule has 3 nitrogen and oxygen atoms in total. The van der Waals surface area contributed by atoms with Crippen molar-refractivity contribution in [2.24, 2.45) is 5.41 Å². The second-order valence-electron chi connectivity index (χ2n) is 8.64. The number of fused-ring (bicyclic) bond motifs is 2. The van der Waals surface area contributed by atoms with Crippen molar-refractivity contribution in [1.29, 1.82) is 0 Å². The van der Waals surface area contributed by atoms with E-state index >= 15 is 0 Å². The van der Waals surface area contributed by atoms with Gasteiger partial charge in [0.15, 0.2) is 5.79 Å². The van der Waals surface area contributed by atoms with Crippen LogP contribution < -0.4 is 0 Å². The summed E-state index contributed by atoms with van der Waals surface area (Å²) >= 11 is 0. The molecule has 0 aromatic heterocycles. The van der Waals surface area contributed by atoms with Crippen LogP contribution in [0, 0.1) is 16.9 Å². The van der Waals surface area contributed by atoms with E-state index < -0.39 is 20.0 Å². The number of hydrogen-bond acceptors (Lipinski definition) is 3. The highest BCUT2D eigenvalue weighted by atomic mass is 28.3. The van der Waals surface area contributed by atoms with Gasteiger partial charge in [-0.05, 0) is 25.8 Å². The topological polar surface area (TPSA) is 38.7 Å². The molecule has 0 radical (unpaired) electrons. The first kappa shape index (κ1) is 20.4. The summed E-state index contributed by atoms with van der Waals surface area (Å²) in [5, 5.41) is 10.9. The average Bonchev–Trinajstić information content (AvgIpc) is 2.80. The van der Waals surface area contributed by atoms with Gasteiger partial charge in [-0.25, -0.2) is 0 Å². The van der Waals surface area contributed by atoms with Crippen LogP contribution >= 0.6 is 0 Å². The predicted molar refractivity (Wildman–Crippen MR) is 106 cm³/mol. The molecule has 2 bridgehead atoms. The van der Waals surface area contributed by atoms with E-state index in [1.165, 1.54) is 11.1 Å². The first-order chi connectivity index (χ1) is 11.6. The van der Waals surface area contributed by atoms with Crippen LogP contribution in [0.4, 0.5) is 0 Å². The van der Waals surface area contributed by atoms with Crippen LogP contribution in [0.1, 0.15) is 46.5 Å². The summed E-state index contributed by atoms with van der Waals surface area (Å²) in [5.41, 5.74) is 5.51. The summed E-state index contributed by atoms with van der Waals surface area (Å²) in [6.45, 7) is 14.1. The summed E-state index contributed by atoms with van der Waals surface area (Å²) in [6.07, 6.45) is 6.80. The lowest BCUT2D eigenvalue weighted by Crippen LogP contribution is -2.41. The van der Waals surface area contributed by atoms with Gasteiger partial charge in [0.05, 0.1) is 19.3 Å². The molecule has 1 N–H and O–H groups in total. The van der Waals surface area contributed by atoms with E-state index in [1.807, 2.05) is 6.92 Å². The summed E-state index contributed by atoms with van der Waals surface area (Å²) in [6, 6.07) is 0. The van der Waals surface area contributed by atoms with Crippen molar-refractivity contribution < 1.29 is 14.6 Å². The fourth-order valence-electron chi connectivity index (χ4n) is 3.73. The summed E-state index contributed by atoms with van der Waals surface area (Å²) in [7, 11) is -1.41. The molecule has 2 aliphatic rings. The van der Waals surface area contributed by atoms with E-state index in [0.717, 1.165) is 12.8 Å². The molecule has 0 saturated carbocycles. The standard InChI is InChI=1S/C21H34O3Si/c1-7-18(8-2)14-23-21-13-17(3)12-20(15-21,16-24-21)19(22)10-9-11-25(4,5)6/h7,12,19,22H,8,10,13-16H2,1-6H3/b18-7+/t19-,20+,21+/m1/s1. The normalized spacial score (nSPS) is 30.5. The van der Waals surface area contributed by atoms with E-state index in [2.05, 4.69) is 57.1 Å². The van der Waals surface area contributed by atoms with Crippen molar-refractivity contribution >= 4 is 8.07 Å². The van der Waals surface area contributed by atoms with Gasteiger partial charge in [0, 0.05) is 24.7 Å². The van der Waals surface area contributed by atoms with Crippen LogP contribution in [-0.2, 0) is 9.47 Å². The maximum Gasteiger partial charge on any atom is 0.173 e. The van der Waals surface area contributed by atoms with Crippen LogP contribution in [0.2, 0.25) is 19.6 Å². The molecule has 0 unspecified atom stereocenters. The minimum atomic E-state index is -1.41. The van der Waals surface area contributed by atoms with Gasteiger partial charge in [0.1, 0.15) is 8.07 Å². The Morgan fingerprint density at radius 3 is 2.80 bits per heavy atom. The smallest absolute Gasteiger partial charge is 0.173 e. The number of rotatable bonds is 6. The summed E-state index contributed by atoms with van der Waals surface area (Å²) in [5.74, 6) is 2.63. The lowest BCUT2D eigenvalue weighted by Gasteiger charge is -2.37. The second-order valence-corrected chi connectivity index (χ2v) is 13.4. The van der Waals surface area contributed by atoms with Gasteiger partial charge in [0.25, 0.3) is 0 Å². The molecule has 0 amide bonds. The molecule has 25 heavy (non-hydrogen) atoms. The lowest BCUT2D eigenvalue weighted by molar-refractivity contribution is -0.204. The molecule has 140 valence electrons. The molecular weight excluding hydrogens is 328 g/mol. The minimum absolute atomic E-state index is 0.362. The third-order valence-electron chi connectivity index (χ3n) is 5.09. The maximum atomic E-state index is 10.9. The molecular formula is C21H34O3Si. The minimum Gasteiger partial charge on any atom is -0.391 e. The van der Waals surface area contributed by atoms with Crippen LogP contribution in [0.15, 0.2) is 23.3 Å². The monoisotopic (exact) mass is 362 g/mol. The molecule has 0 spiro atoms. The van der Waals surface area contributed by atoms with Gasteiger partial charge in [0.2, 0.25) is 0 Å². The summed E-state index contributed by atoms with van der Waals surface area (Å²) in [4.78, 5) is 0. The first-order valence-electron chi connectivity index (χ1n) is 9.42. The van der Waals surface area contributed by atoms with Crippen molar-refractivity contribution in [2.75, 3.05) is 13.2 Å². The quantitative estimate of drug-likeness (QED) is 0.431. The molecule has 1 aliphatic carbocycles. The van der Waals surface area contributed by atoms with Gasteiger partial charge >= 0.3 is 0 Å².